The van der Waals surface area contributed by atoms with Crippen LogP contribution in [-0.4, -0.2) is 0 Å². The highest BCUT2D eigenvalue weighted by Crippen LogP contribution is 2.28. The summed E-state index contributed by atoms with van der Waals surface area (Å²) in [6.45, 7) is 4.28. The average Bonchev–Trinajstić information content (AvgIpc) is 2.48. The number of benzene rings is 3. The van der Waals surface area contributed by atoms with E-state index in [2.05, 4.69) is 86.6 Å². The van der Waals surface area contributed by atoms with Gasteiger partial charge in [0.25, 0.3) is 0 Å². The summed E-state index contributed by atoms with van der Waals surface area (Å²) in [5.74, 6) is 0. The van der Waals surface area contributed by atoms with Crippen molar-refractivity contribution >= 4 is 0 Å². The second kappa shape index (κ2) is 5.34. The first-order valence-electron chi connectivity index (χ1n) is 6.96. The van der Waals surface area contributed by atoms with Gasteiger partial charge in [-0.25, -0.2) is 0 Å². The Kier molecular flexibility index (Phi) is 3.39. The molecule has 0 heterocycles. The Morgan fingerprint density at radius 1 is 0.450 bits per heavy atom. The lowest BCUT2D eigenvalue weighted by molar-refractivity contribution is 1.44. The lowest BCUT2D eigenvalue weighted by Gasteiger charge is -2.09. The van der Waals surface area contributed by atoms with Crippen molar-refractivity contribution < 1.29 is 0 Å². The minimum Gasteiger partial charge on any atom is -0.0622 e. The van der Waals surface area contributed by atoms with Gasteiger partial charge in [-0.3, -0.25) is 0 Å². The van der Waals surface area contributed by atoms with Crippen LogP contribution in [0.1, 0.15) is 11.1 Å². The van der Waals surface area contributed by atoms with Gasteiger partial charge in [-0.1, -0.05) is 72.3 Å². The second-order valence-electron chi connectivity index (χ2n) is 5.32. The van der Waals surface area contributed by atoms with E-state index in [9.17, 15) is 0 Å². The first kappa shape index (κ1) is 12.7. The Morgan fingerprint density at radius 2 is 1.00 bits per heavy atom. The summed E-state index contributed by atoms with van der Waals surface area (Å²) in [6, 6.07) is 26.0. The molecule has 3 aromatic carbocycles. The third-order valence-corrected chi connectivity index (χ3v) is 3.57. The monoisotopic (exact) mass is 258 g/mol. The largest absolute Gasteiger partial charge is 0.0622 e. The zero-order chi connectivity index (χ0) is 13.9. The molecule has 0 aliphatic heterocycles. The maximum atomic E-state index is 2.27. The van der Waals surface area contributed by atoms with E-state index in [1.54, 1.807) is 0 Å². The highest BCUT2D eigenvalue weighted by Gasteiger charge is 2.03. The van der Waals surface area contributed by atoms with E-state index < -0.39 is 0 Å². The van der Waals surface area contributed by atoms with Gasteiger partial charge in [0.05, 0.1) is 0 Å². The highest BCUT2D eigenvalue weighted by atomic mass is 14.1. The minimum absolute atomic E-state index is 1.27. The van der Waals surface area contributed by atoms with Crippen LogP contribution in [0.2, 0.25) is 0 Å². The van der Waals surface area contributed by atoms with Crippen LogP contribution in [0.5, 0.6) is 0 Å². The zero-order valence-electron chi connectivity index (χ0n) is 11.9. The standard InChI is InChI=1S/C20H18/c1-15-8-10-18(11-9-15)20-13-16(2)12-19(14-20)17-6-4-3-5-7-17/h3-14H,1-2H3. The van der Waals surface area contributed by atoms with Gasteiger partial charge >= 0.3 is 0 Å². The molecule has 0 aromatic heterocycles. The van der Waals surface area contributed by atoms with Gasteiger partial charge in [0.2, 0.25) is 0 Å². The Labute approximate surface area is 120 Å². The van der Waals surface area contributed by atoms with E-state index in [0.29, 0.717) is 0 Å². The maximum Gasteiger partial charge on any atom is -0.0175 e. The van der Waals surface area contributed by atoms with Crippen molar-refractivity contribution in [2.75, 3.05) is 0 Å². The maximum absolute atomic E-state index is 2.27. The Hall–Kier alpha value is -2.34. The Morgan fingerprint density at radius 3 is 1.60 bits per heavy atom. The van der Waals surface area contributed by atoms with Gasteiger partial charge in [0.1, 0.15) is 0 Å². The van der Waals surface area contributed by atoms with Crippen LogP contribution >= 0.6 is 0 Å². The van der Waals surface area contributed by atoms with E-state index in [0.717, 1.165) is 0 Å². The van der Waals surface area contributed by atoms with Gasteiger partial charge in [0, 0.05) is 0 Å². The molecule has 0 aliphatic rings. The normalized spacial score (nSPS) is 10.5. The van der Waals surface area contributed by atoms with Gasteiger partial charge in [-0.05, 0) is 47.7 Å². The van der Waals surface area contributed by atoms with Crippen LogP contribution in [0, 0.1) is 13.8 Å². The van der Waals surface area contributed by atoms with E-state index in [1.165, 1.54) is 33.4 Å². The lowest BCUT2D eigenvalue weighted by atomic mass is 9.96. The first-order valence-corrected chi connectivity index (χ1v) is 6.96. The summed E-state index contributed by atoms with van der Waals surface area (Å²) < 4.78 is 0. The molecule has 0 N–H and O–H groups in total. The molecule has 0 spiro atoms. The topological polar surface area (TPSA) is 0 Å². The molecular weight excluding hydrogens is 240 g/mol. The molecule has 0 nitrogen and oxygen atoms in total. The summed E-state index contributed by atoms with van der Waals surface area (Å²) in [5.41, 5.74) is 7.69. The highest BCUT2D eigenvalue weighted by molar-refractivity contribution is 5.74. The van der Waals surface area contributed by atoms with Crippen molar-refractivity contribution in [3.8, 4) is 22.3 Å². The molecule has 0 fully saturated rings. The van der Waals surface area contributed by atoms with E-state index in [4.69, 9.17) is 0 Å². The quantitative estimate of drug-likeness (QED) is 0.558. The van der Waals surface area contributed by atoms with Crippen LogP contribution in [0.3, 0.4) is 0 Å². The van der Waals surface area contributed by atoms with Crippen molar-refractivity contribution in [3.05, 3.63) is 83.9 Å². The fourth-order valence-corrected chi connectivity index (χ4v) is 2.49. The number of hydrogen-bond donors (Lipinski definition) is 0. The third-order valence-electron chi connectivity index (χ3n) is 3.57. The fraction of sp³-hybridized carbons (Fsp3) is 0.100. The third kappa shape index (κ3) is 2.65. The predicted molar refractivity (Wildman–Crippen MR) is 86.8 cm³/mol. The smallest absolute Gasteiger partial charge is 0.0175 e. The number of rotatable bonds is 2. The summed E-state index contributed by atoms with van der Waals surface area (Å²) in [4.78, 5) is 0. The molecule has 0 unspecified atom stereocenters. The summed E-state index contributed by atoms with van der Waals surface area (Å²) in [5, 5.41) is 0. The number of hydrogen-bond acceptors (Lipinski definition) is 0. The molecule has 0 heteroatoms. The molecule has 0 radical (unpaired) electrons. The van der Waals surface area contributed by atoms with Crippen molar-refractivity contribution in [2.24, 2.45) is 0 Å². The van der Waals surface area contributed by atoms with E-state index in [1.807, 2.05) is 0 Å². The minimum atomic E-state index is 1.27. The molecule has 98 valence electrons. The average molecular weight is 258 g/mol. The van der Waals surface area contributed by atoms with E-state index in [-0.39, 0.29) is 0 Å². The molecule has 0 saturated heterocycles. The molecular formula is C20H18. The van der Waals surface area contributed by atoms with Crippen LogP contribution in [0.15, 0.2) is 72.8 Å². The van der Waals surface area contributed by atoms with Crippen LogP contribution in [0.25, 0.3) is 22.3 Å². The summed E-state index contributed by atoms with van der Waals surface area (Å²) in [7, 11) is 0. The van der Waals surface area contributed by atoms with Gasteiger partial charge < -0.3 is 0 Å². The van der Waals surface area contributed by atoms with Crippen molar-refractivity contribution in [1.82, 2.24) is 0 Å². The molecule has 0 saturated carbocycles. The summed E-state index contributed by atoms with van der Waals surface area (Å²) in [6.07, 6.45) is 0. The van der Waals surface area contributed by atoms with Crippen LogP contribution in [0.4, 0.5) is 0 Å². The molecule has 3 rings (SSSR count). The zero-order valence-corrected chi connectivity index (χ0v) is 11.9. The predicted octanol–water partition coefficient (Wildman–Crippen LogP) is 5.64. The van der Waals surface area contributed by atoms with Crippen molar-refractivity contribution in [3.63, 3.8) is 0 Å². The molecule has 0 bridgehead atoms. The number of aryl methyl sites for hydroxylation is 2. The SMILES string of the molecule is Cc1ccc(-c2cc(C)cc(-c3ccccc3)c2)cc1. The summed E-state index contributed by atoms with van der Waals surface area (Å²) >= 11 is 0. The molecule has 20 heavy (non-hydrogen) atoms. The second-order valence-corrected chi connectivity index (χ2v) is 5.32. The fourth-order valence-electron chi connectivity index (χ4n) is 2.49. The van der Waals surface area contributed by atoms with Gasteiger partial charge in [-0.2, -0.15) is 0 Å². The molecule has 0 amide bonds. The van der Waals surface area contributed by atoms with Crippen LogP contribution in [-0.2, 0) is 0 Å². The van der Waals surface area contributed by atoms with Crippen molar-refractivity contribution in [2.45, 2.75) is 13.8 Å². The molecule has 0 atom stereocenters. The Bertz CT molecular complexity index is 707. The van der Waals surface area contributed by atoms with Gasteiger partial charge in [-0.15, -0.1) is 0 Å². The lowest BCUT2D eigenvalue weighted by Crippen LogP contribution is -1.84. The Balaban J connectivity index is 2.09. The van der Waals surface area contributed by atoms with Crippen molar-refractivity contribution in [1.29, 1.82) is 0 Å². The first-order chi connectivity index (χ1) is 9.72. The molecule has 0 aliphatic carbocycles. The van der Waals surface area contributed by atoms with Gasteiger partial charge in [0.15, 0.2) is 0 Å². The van der Waals surface area contributed by atoms with Crippen LogP contribution < -0.4 is 0 Å². The van der Waals surface area contributed by atoms with E-state index >= 15 is 0 Å². The molecule has 3 aromatic rings.